The van der Waals surface area contributed by atoms with Gasteiger partial charge >= 0.3 is 5.97 Å². The van der Waals surface area contributed by atoms with E-state index in [2.05, 4.69) is 11.7 Å². The third-order valence-corrected chi connectivity index (χ3v) is 7.34. The van der Waals surface area contributed by atoms with Crippen LogP contribution in [-0.4, -0.2) is 94.0 Å². The van der Waals surface area contributed by atoms with Gasteiger partial charge in [-0.05, 0) is 53.2 Å². The van der Waals surface area contributed by atoms with Gasteiger partial charge in [-0.1, -0.05) is 27.7 Å². The maximum absolute atomic E-state index is 13.0. The Hall–Kier alpha value is -1.43. The summed E-state index contributed by atoms with van der Waals surface area (Å²) in [5, 5.41) is 42.3. The number of aliphatic hydroxyl groups excluding tert-OH is 3. The zero-order valence-corrected chi connectivity index (χ0v) is 22.8. The van der Waals surface area contributed by atoms with Crippen molar-refractivity contribution in [1.29, 1.82) is 0 Å². The number of aliphatic imine (C=N–C) groups is 1. The summed E-state index contributed by atoms with van der Waals surface area (Å²) in [5.74, 6) is -3.22. The van der Waals surface area contributed by atoms with E-state index >= 15 is 0 Å². The molecule has 0 bridgehead atoms. The maximum atomic E-state index is 13.0. The Kier molecular flexibility index (Phi) is 13.1. The van der Waals surface area contributed by atoms with Crippen molar-refractivity contribution in [3.63, 3.8) is 0 Å². The Balaban J connectivity index is 2.72. The lowest BCUT2D eigenvalue weighted by Crippen LogP contribution is -2.55. The minimum absolute atomic E-state index is 0.136. The SMILES string of the molecule is C=NC1CC(C)OC(OCCC(C)C(=O)C(C)C(O)C(C)(O)C(CC)OC(=O)C(C)C(O)CC)C1O. The van der Waals surface area contributed by atoms with Crippen LogP contribution in [0.4, 0.5) is 0 Å². The maximum Gasteiger partial charge on any atom is 0.311 e. The first-order valence-electron chi connectivity index (χ1n) is 13.0. The Bertz CT molecular complexity index is 716. The van der Waals surface area contributed by atoms with Crippen LogP contribution >= 0.6 is 0 Å². The molecule has 1 fully saturated rings. The van der Waals surface area contributed by atoms with Crippen LogP contribution in [0.2, 0.25) is 0 Å². The van der Waals surface area contributed by atoms with Gasteiger partial charge in [0.2, 0.25) is 0 Å². The minimum atomic E-state index is -1.89. The summed E-state index contributed by atoms with van der Waals surface area (Å²) in [7, 11) is 0. The highest BCUT2D eigenvalue weighted by Crippen LogP contribution is 2.29. The molecular formula is C26H47NO9. The van der Waals surface area contributed by atoms with Crippen molar-refractivity contribution < 1.29 is 44.2 Å². The van der Waals surface area contributed by atoms with E-state index in [1.807, 2.05) is 6.92 Å². The Morgan fingerprint density at radius 1 is 1.17 bits per heavy atom. The quantitative estimate of drug-likeness (QED) is 0.187. The average Bonchev–Trinajstić information content (AvgIpc) is 2.85. The molecule has 1 saturated heterocycles. The van der Waals surface area contributed by atoms with Gasteiger partial charge in [-0.2, -0.15) is 0 Å². The molecule has 0 aromatic rings. The third kappa shape index (κ3) is 8.29. The number of ketones is 1. The number of esters is 1. The monoisotopic (exact) mass is 517 g/mol. The highest BCUT2D eigenvalue weighted by molar-refractivity contribution is 5.83. The van der Waals surface area contributed by atoms with Crippen LogP contribution in [-0.2, 0) is 23.8 Å². The summed E-state index contributed by atoms with van der Waals surface area (Å²) in [5.41, 5.74) is -1.89. The molecule has 1 heterocycles. The van der Waals surface area contributed by atoms with Crippen LogP contribution in [0, 0.1) is 17.8 Å². The van der Waals surface area contributed by atoms with Crippen LogP contribution in [0.15, 0.2) is 4.99 Å². The standard InChI is InChI=1S/C26H47NO9/c1-9-19(28)16(5)24(32)36-20(10-2)26(7,33)23(31)17(6)21(29)14(3)11-12-34-25-22(30)18(27-8)13-15(4)35-25/h14-20,22-23,25,28,30-31,33H,8-13H2,1-7H3. The highest BCUT2D eigenvalue weighted by atomic mass is 16.7. The van der Waals surface area contributed by atoms with Crippen LogP contribution in [0.25, 0.3) is 0 Å². The Morgan fingerprint density at radius 3 is 2.31 bits per heavy atom. The molecule has 210 valence electrons. The number of hydrogen-bond acceptors (Lipinski definition) is 10. The number of nitrogens with zero attached hydrogens (tertiary/aromatic N) is 1. The molecule has 11 atom stereocenters. The molecule has 4 N–H and O–H groups in total. The van der Waals surface area contributed by atoms with Crippen LogP contribution in [0.5, 0.6) is 0 Å². The van der Waals surface area contributed by atoms with Gasteiger partial charge in [0.1, 0.15) is 23.6 Å². The van der Waals surface area contributed by atoms with Gasteiger partial charge in [-0.3, -0.25) is 14.6 Å². The van der Waals surface area contributed by atoms with E-state index in [1.165, 1.54) is 20.8 Å². The number of carbonyl (C=O) groups excluding carboxylic acids is 2. The zero-order chi connectivity index (χ0) is 27.8. The summed E-state index contributed by atoms with van der Waals surface area (Å²) in [6, 6.07) is -0.385. The first-order chi connectivity index (χ1) is 16.7. The fourth-order valence-electron chi connectivity index (χ4n) is 4.52. The highest BCUT2D eigenvalue weighted by Gasteiger charge is 2.46. The molecular weight excluding hydrogens is 470 g/mol. The molecule has 0 amide bonds. The lowest BCUT2D eigenvalue weighted by atomic mass is 9.79. The zero-order valence-electron chi connectivity index (χ0n) is 22.8. The van der Waals surface area contributed by atoms with Crippen molar-refractivity contribution in [3.8, 4) is 0 Å². The van der Waals surface area contributed by atoms with Crippen molar-refractivity contribution in [3.05, 3.63) is 0 Å². The van der Waals surface area contributed by atoms with Crippen molar-refractivity contribution >= 4 is 18.5 Å². The predicted octanol–water partition coefficient (Wildman–Crippen LogP) is 1.64. The van der Waals surface area contributed by atoms with Crippen molar-refractivity contribution in [1.82, 2.24) is 0 Å². The summed E-state index contributed by atoms with van der Waals surface area (Å²) in [4.78, 5) is 29.4. The fraction of sp³-hybridized carbons (Fsp3) is 0.885. The first kappa shape index (κ1) is 32.6. The smallest absolute Gasteiger partial charge is 0.311 e. The molecule has 10 heteroatoms. The number of hydrogen-bond donors (Lipinski definition) is 4. The van der Waals surface area contributed by atoms with Crippen molar-refractivity contribution in [2.24, 2.45) is 22.7 Å². The molecule has 0 saturated carbocycles. The number of aliphatic hydroxyl groups is 4. The van der Waals surface area contributed by atoms with Crippen LogP contribution in [0.1, 0.15) is 74.1 Å². The fourth-order valence-corrected chi connectivity index (χ4v) is 4.52. The van der Waals surface area contributed by atoms with Gasteiger partial charge in [0.05, 0.1) is 36.9 Å². The number of ether oxygens (including phenoxy) is 3. The summed E-state index contributed by atoms with van der Waals surface area (Å²) >= 11 is 0. The molecule has 1 aliphatic heterocycles. The third-order valence-electron chi connectivity index (χ3n) is 7.34. The molecule has 1 rings (SSSR count). The molecule has 10 nitrogen and oxygen atoms in total. The van der Waals surface area contributed by atoms with Crippen molar-refractivity contribution in [2.75, 3.05) is 6.61 Å². The van der Waals surface area contributed by atoms with E-state index in [0.717, 1.165) is 0 Å². The summed E-state index contributed by atoms with van der Waals surface area (Å²) < 4.78 is 16.8. The molecule has 0 aromatic heterocycles. The predicted molar refractivity (Wildman–Crippen MR) is 134 cm³/mol. The lowest BCUT2D eigenvalue weighted by Gasteiger charge is -2.39. The van der Waals surface area contributed by atoms with Gasteiger partial charge in [-0.25, -0.2) is 0 Å². The number of carbonyl (C=O) groups is 2. The van der Waals surface area contributed by atoms with Crippen LogP contribution in [0.3, 0.4) is 0 Å². The molecule has 0 radical (unpaired) electrons. The van der Waals surface area contributed by atoms with E-state index in [-0.39, 0.29) is 31.0 Å². The second-order valence-corrected chi connectivity index (χ2v) is 10.3. The number of rotatable bonds is 15. The van der Waals surface area contributed by atoms with E-state index < -0.39 is 60.0 Å². The van der Waals surface area contributed by atoms with E-state index in [4.69, 9.17) is 14.2 Å². The topological polar surface area (TPSA) is 155 Å². The van der Waals surface area contributed by atoms with E-state index in [9.17, 15) is 30.0 Å². The van der Waals surface area contributed by atoms with Gasteiger partial charge in [-0.15, -0.1) is 0 Å². The Morgan fingerprint density at radius 2 is 1.78 bits per heavy atom. The largest absolute Gasteiger partial charge is 0.459 e. The second kappa shape index (κ2) is 14.5. The molecule has 0 aliphatic carbocycles. The van der Waals surface area contributed by atoms with E-state index in [0.29, 0.717) is 19.3 Å². The molecule has 1 aliphatic rings. The average molecular weight is 518 g/mol. The summed E-state index contributed by atoms with van der Waals surface area (Å²) in [6.07, 6.45) is -3.99. The molecule has 0 aromatic carbocycles. The molecule has 0 spiro atoms. The minimum Gasteiger partial charge on any atom is -0.459 e. The lowest BCUT2D eigenvalue weighted by molar-refractivity contribution is -0.241. The van der Waals surface area contributed by atoms with Gasteiger partial charge < -0.3 is 34.6 Å². The van der Waals surface area contributed by atoms with Gasteiger partial charge in [0, 0.05) is 11.8 Å². The van der Waals surface area contributed by atoms with E-state index in [1.54, 1.807) is 20.8 Å². The second-order valence-electron chi connectivity index (χ2n) is 10.3. The van der Waals surface area contributed by atoms with Gasteiger partial charge in [0.15, 0.2) is 6.29 Å². The normalized spacial score (nSPS) is 29.2. The molecule has 11 unspecified atom stereocenters. The Labute approximate surface area is 215 Å². The van der Waals surface area contributed by atoms with Crippen molar-refractivity contribution in [2.45, 2.75) is 123 Å². The van der Waals surface area contributed by atoms with Gasteiger partial charge in [0.25, 0.3) is 0 Å². The number of Topliss-reactive ketones (excluding diaryl/α,β-unsaturated/α-hetero) is 1. The molecule has 36 heavy (non-hydrogen) atoms. The van der Waals surface area contributed by atoms with Crippen LogP contribution < -0.4 is 0 Å². The first-order valence-corrected chi connectivity index (χ1v) is 13.0. The summed E-state index contributed by atoms with van der Waals surface area (Å²) in [6.45, 7) is 15.0.